The van der Waals surface area contributed by atoms with Crippen LogP contribution in [-0.4, -0.2) is 89.3 Å². The molecule has 0 spiro atoms. The molecule has 0 unspecified atom stereocenters. The quantitative estimate of drug-likeness (QED) is 0.704. The number of urea groups is 1. The number of amides is 4. The van der Waals surface area contributed by atoms with Crippen molar-refractivity contribution in [3.8, 4) is 0 Å². The van der Waals surface area contributed by atoms with E-state index in [0.717, 1.165) is 32.4 Å². The number of carbonyl (C=O) groups is 3. The van der Waals surface area contributed by atoms with E-state index < -0.39 is 0 Å². The number of benzene rings is 1. The summed E-state index contributed by atoms with van der Waals surface area (Å²) in [5.41, 5.74) is 0.670. The molecule has 7 nitrogen and oxygen atoms in total. The number of carbonyl (C=O) groups excluding carboxylic acids is 3. The molecule has 32 heavy (non-hydrogen) atoms. The lowest BCUT2D eigenvalue weighted by Crippen LogP contribution is -2.63. The minimum Gasteiger partial charge on any atom is -0.339 e. The smallest absolute Gasteiger partial charge is 0.320 e. The lowest BCUT2D eigenvalue weighted by molar-refractivity contribution is -0.144. The fraction of sp³-hybridized carbons (Fsp3) is 0.625. The molecule has 4 aliphatic rings. The Kier molecular flexibility index (Phi) is 5.78. The highest BCUT2D eigenvalue weighted by Gasteiger charge is 2.45. The van der Waals surface area contributed by atoms with Crippen LogP contribution in [0.3, 0.4) is 0 Å². The van der Waals surface area contributed by atoms with E-state index in [2.05, 4.69) is 4.90 Å². The van der Waals surface area contributed by atoms with E-state index in [-0.39, 0.29) is 30.1 Å². The molecule has 0 aromatic heterocycles. The molecule has 0 aliphatic carbocycles. The summed E-state index contributed by atoms with van der Waals surface area (Å²) in [5, 5.41) is 0. The average molecular weight is 443 g/mol. The highest BCUT2D eigenvalue weighted by atomic mass is 19.1. The number of piperidine rings is 3. The first-order valence-corrected chi connectivity index (χ1v) is 11.8. The second-order valence-electron chi connectivity index (χ2n) is 9.73. The first-order valence-electron chi connectivity index (χ1n) is 11.8. The Hall–Kier alpha value is -2.64. The van der Waals surface area contributed by atoms with Gasteiger partial charge in [-0.1, -0.05) is 12.1 Å². The summed E-state index contributed by atoms with van der Waals surface area (Å²) in [6.07, 6.45) is 3.97. The number of rotatable bonds is 2. The maximum Gasteiger partial charge on any atom is 0.320 e. The van der Waals surface area contributed by atoms with Gasteiger partial charge in [0.15, 0.2) is 0 Å². The number of likely N-dealkylation sites (tertiary alicyclic amines) is 1. The first kappa shape index (κ1) is 21.2. The van der Waals surface area contributed by atoms with Crippen LogP contribution in [0.5, 0.6) is 0 Å². The predicted molar refractivity (Wildman–Crippen MR) is 116 cm³/mol. The number of halogens is 1. The number of fused-ring (bicyclic) bond motifs is 4. The maximum absolute atomic E-state index is 13.4. The van der Waals surface area contributed by atoms with Crippen molar-refractivity contribution in [1.29, 1.82) is 0 Å². The van der Waals surface area contributed by atoms with E-state index in [1.165, 1.54) is 12.1 Å². The monoisotopic (exact) mass is 442 g/mol. The molecule has 4 aliphatic heterocycles. The normalized spacial score (nSPS) is 27.9. The standard InChI is InChI=1S/C24H31FN4O3/c25-20-4-1-3-17(12-20)13-23(31)26-7-9-27(10-8-26)24(32)28-14-18-11-19(16-28)21-5-2-6-22(30)29(21)15-18/h1,3-4,12,18-19,21H,2,5-11,13-16H2/t18-,19-,21-/m1/s1. The van der Waals surface area contributed by atoms with E-state index in [4.69, 9.17) is 0 Å². The van der Waals surface area contributed by atoms with Gasteiger partial charge in [0.05, 0.1) is 6.42 Å². The number of hydrogen-bond acceptors (Lipinski definition) is 3. The Balaban J connectivity index is 1.15. The molecule has 0 radical (unpaired) electrons. The third kappa shape index (κ3) is 4.19. The molecule has 8 heteroatoms. The van der Waals surface area contributed by atoms with Gasteiger partial charge in [0.1, 0.15) is 5.82 Å². The highest BCUT2D eigenvalue weighted by molar-refractivity contribution is 5.80. The van der Waals surface area contributed by atoms with Crippen LogP contribution in [0.15, 0.2) is 24.3 Å². The SMILES string of the molecule is O=C(Cc1cccc(F)c1)N1CCN(C(=O)N2C[C@H]3C[C@H](C2)[C@H]2CCCC(=O)N2C3)CC1. The summed E-state index contributed by atoms with van der Waals surface area (Å²) >= 11 is 0. The van der Waals surface area contributed by atoms with Gasteiger partial charge >= 0.3 is 6.03 Å². The van der Waals surface area contributed by atoms with Crippen LogP contribution in [-0.2, 0) is 16.0 Å². The predicted octanol–water partition coefficient (Wildman–Crippen LogP) is 1.97. The molecule has 172 valence electrons. The maximum atomic E-state index is 13.4. The van der Waals surface area contributed by atoms with Gasteiger partial charge in [0.25, 0.3) is 0 Å². The lowest BCUT2D eigenvalue weighted by atomic mass is 9.76. The number of piperazine rings is 1. The Morgan fingerprint density at radius 2 is 1.78 bits per heavy atom. The molecule has 1 aromatic rings. The summed E-state index contributed by atoms with van der Waals surface area (Å²) in [7, 11) is 0. The third-order valence-electron chi connectivity index (χ3n) is 7.60. The van der Waals surface area contributed by atoms with Crippen molar-refractivity contribution in [1.82, 2.24) is 19.6 Å². The highest BCUT2D eigenvalue weighted by Crippen LogP contribution is 2.38. The number of nitrogens with zero attached hydrogens (tertiary/aromatic N) is 4. The third-order valence-corrected chi connectivity index (χ3v) is 7.60. The molecule has 1 aromatic carbocycles. The van der Waals surface area contributed by atoms with E-state index in [1.807, 2.05) is 9.80 Å². The molecule has 4 amide bonds. The van der Waals surface area contributed by atoms with Crippen LogP contribution in [0.4, 0.5) is 9.18 Å². The first-order chi connectivity index (χ1) is 15.5. The fourth-order valence-electron chi connectivity index (χ4n) is 6.05. The van der Waals surface area contributed by atoms with Crippen LogP contribution in [0.1, 0.15) is 31.2 Å². The molecule has 3 atom stereocenters. The van der Waals surface area contributed by atoms with Crippen LogP contribution in [0.2, 0.25) is 0 Å². The van der Waals surface area contributed by atoms with Crippen molar-refractivity contribution in [3.63, 3.8) is 0 Å². The summed E-state index contributed by atoms with van der Waals surface area (Å²) < 4.78 is 13.4. The fourth-order valence-corrected chi connectivity index (χ4v) is 6.05. The number of hydrogen-bond donors (Lipinski definition) is 0. The van der Waals surface area contributed by atoms with Gasteiger partial charge in [-0.3, -0.25) is 9.59 Å². The summed E-state index contributed by atoms with van der Waals surface area (Å²) in [4.78, 5) is 45.9. The van der Waals surface area contributed by atoms with Gasteiger partial charge in [-0.2, -0.15) is 0 Å². The van der Waals surface area contributed by atoms with Gasteiger partial charge in [-0.15, -0.1) is 0 Å². The van der Waals surface area contributed by atoms with Crippen molar-refractivity contribution < 1.29 is 18.8 Å². The van der Waals surface area contributed by atoms with Crippen molar-refractivity contribution in [2.24, 2.45) is 11.8 Å². The minimum absolute atomic E-state index is 0.0303. The van der Waals surface area contributed by atoms with E-state index in [1.54, 1.807) is 17.0 Å². The molecule has 2 bridgehead atoms. The molecule has 4 saturated heterocycles. The van der Waals surface area contributed by atoms with E-state index in [0.29, 0.717) is 62.6 Å². The van der Waals surface area contributed by atoms with Crippen LogP contribution >= 0.6 is 0 Å². The minimum atomic E-state index is -0.335. The van der Waals surface area contributed by atoms with Crippen LogP contribution < -0.4 is 0 Å². The average Bonchev–Trinajstić information content (AvgIpc) is 2.79. The Bertz CT molecular complexity index is 901. The van der Waals surface area contributed by atoms with Gasteiger partial charge < -0.3 is 19.6 Å². The molecule has 5 rings (SSSR count). The summed E-state index contributed by atoms with van der Waals surface area (Å²) in [6.45, 7) is 4.28. The van der Waals surface area contributed by atoms with Crippen molar-refractivity contribution in [3.05, 3.63) is 35.6 Å². The van der Waals surface area contributed by atoms with Crippen molar-refractivity contribution in [2.75, 3.05) is 45.8 Å². The van der Waals surface area contributed by atoms with E-state index >= 15 is 0 Å². The zero-order chi connectivity index (χ0) is 22.2. The zero-order valence-corrected chi connectivity index (χ0v) is 18.4. The molecule has 4 fully saturated rings. The lowest BCUT2D eigenvalue weighted by Gasteiger charge is -2.53. The van der Waals surface area contributed by atoms with Crippen LogP contribution in [0, 0.1) is 17.7 Å². The van der Waals surface area contributed by atoms with Gasteiger partial charge in [0.2, 0.25) is 11.8 Å². The topological polar surface area (TPSA) is 64.2 Å². The molecule has 0 saturated carbocycles. The second-order valence-corrected chi connectivity index (χ2v) is 9.73. The molecular formula is C24H31FN4O3. The zero-order valence-electron chi connectivity index (χ0n) is 18.4. The Morgan fingerprint density at radius 3 is 2.56 bits per heavy atom. The van der Waals surface area contributed by atoms with Gasteiger partial charge in [-0.25, -0.2) is 9.18 Å². The molecule has 4 heterocycles. The summed E-state index contributed by atoms with van der Waals surface area (Å²) in [5.74, 6) is 0.666. The van der Waals surface area contributed by atoms with Gasteiger partial charge in [0, 0.05) is 58.3 Å². The molecular weight excluding hydrogens is 411 g/mol. The largest absolute Gasteiger partial charge is 0.339 e. The van der Waals surface area contributed by atoms with Crippen molar-refractivity contribution in [2.45, 2.75) is 38.1 Å². The Labute approximate surface area is 188 Å². The van der Waals surface area contributed by atoms with Gasteiger partial charge in [-0.05, 0) is 48.8 Å². The van der Waals surface area contributed by atoms with Crippen molar-refractivity contribution >= 4 is 17.8 Å². The summed E-state index contributed by atoms with van der Waals surface area (Å²) in [6, 6.07) is 6.50. The molecule has 0 N–H and O–H groups in total. The second kappa shape index (κ2) is 8.71. The van der Waals surface area contributed by atoms with E-state index in [9.17, 15) is 18.8 Å². The van der Waals surface area contributed by atoms with Crippen LogP contribution in [0.25, 0.3) is 0 Å². The Morgan fingerprint density at radius 1 is 1.00 bits per heavy atom.